The van der Waals surface area contributed by atoms with Gasteiger partial charge in [-0.15, -0.1) is 0 Å². The van der Waals surface area contributed by atoms with E-state index in [1.807, 2.05) is 6.07 Å². The topological polar surface area (TPSA) is 97.6 Å². The summed E-state index contributed by atoms with van der Waals surface area (Å²) in [6.45, 7) is 0.882. The molecule has 0 atom stereocenters. The SMILES string of the molecule is Cc1c(C(=O)OCC(=O)NCC(=O)Nc2ccccc2Br)oc2c(Cl)cccc12. The zero-order valence-corrected chi connectivity index (χ0v) is 17.6. The highest BCUT2D eigenvalue weighted by molar-refractivity contribution is 9.10. The van der Waals surface area contributed by atoms with Gasteiger partial charge in [0.15, 0.2) is 12.2 Å². The molecule has 0 radical (unpaired) electrons. The van der Waals surface area contributed by atoms with Crippen molar-refractivity contribution in [2.24, 2.45) is 0 Å². The molecule has 0 unspecified atom stereocenters. The van der Waals surface area contributed by atoms with Crippen LogP contribution in [0.4, 0.5) is 5.69 Å². The number of rotatable bonds is 6. The number of para-hydroxylation sites is 2. The number of anilines is 1. The summed E-state index contributed by atoms with van der Waals surface area (Å²) in [5.41, 5.74) is 1.53. The van der Waals surface area contributed by atoms with E-state index in [0.29, 0.717) is 27.2 Å². The molecule has 2 N–H and O–H groups in total. The number of ether oxygens (including phenoxy) is 1. The Morgan fingerprint density at radius 3 is 2.59 bits per heavy atom. The van der Waals surface area contributed by atoms with E-state index in [1.165, 1.54) is 0 Å². The Hall–Kier alpha value is -2.84. The zero-order chi connectivity index (χ0) is 21.0. The lowest BCUT2D eigenvalue weighted by atomic mass is 10.1. The van der Waals surface area contributed by atoms with Crippen molar-refractivity contribution in [1.29, 1.82) is 0 Å². The molecule has 2 amide bonds. The van der Waals surface area contributed by atoms with E-state index < -0.39 is 24.4 Å². The van der Waals surface area contributed by atoms with Crippen molar-refractivity contribution in [3.8, 4) is 0 Å². The summed E-state index contributed by atoms with van der Waals surface area (Å²) in [4.78, 5) is 36.1. The average molecular weight is 480 g/mol. The first kappa shape index (κ1) is 20.9. The van der Waals surface area contributed by atoms with Crippen molar-refractivity contribution < 1.29 is 23.5 Å². The second kappa shape index (κ2) is 9.11. The number of aryl methyl sites for hydroxylation is 1. The van der Waals surface area contributed by atoms with Gasteiger partial charge in [0, 0.05) is 15.4 Å². The van der Waals surface area contributed by atoms with Crippen LogP contribution in [0.15, 0.2) is 51.4 Å². The van der Waals surface area contributed by atoms with Gasteiger partial charge >= 0.3 is 5.97 Å². The number of carbonyl (C=O) groups excluding carboxylic acids is 3. The van der Waals surface area contributed by atoms with E-state index in [9.17, 15) is 14.4 Å². The quantitative estimate of drug-likeness (QED) is 0.520. The van der Waals surface area contributed by atoms with Crippen LogP contribution in [0.1, 0.15) is 16.1 Å². The summed E-state index contributed by atoms with van der Waals surface area (Å²) < 4.78 is 11.2. The highest BCUT2D eigenvalue weighted by Crippen LogP contribution is 2.31. The van der Waals surface area contributed by atoms with Crippen molar-refractivity contribution in [3.05, 3.63) is 63.3 Å². The third kappa shape index (κ3) is 4.96. The molecule has 2 aromatic carbocycles. The molecule has 0 spiro atoms. The number of furan rings is 1. The maximum Gasteiger partial charge on any atom is 0.375 e. The Kier molecular flexibility index (Phi) is 6.56. The minimum Gasteiger partial charge on any atom is -0.450 e. The van der Waals surface area contributed by atoms with E-state index >= 15 is 0 Å². The highest BCUT2D eigenvalue weighted by Gasteiger charge is 2.21. The molecule has 1 aromatic heterocycles. The lowest BCUT2D eigenvalue weighted by molar-refractivity contribution is -0.126. The Morgan fingerprint density at radius 1 is 1.10 bits per heavy atom. The highest BCUT2D eigenvalue weighted by atomic mass is 79.9. The zero-order valence-electron chi connectivity index (χ0n) is 15.3. The van der Waals surface area contributed by atoms with Gasteiger partial charge in [-0.3, -0.25) is 9.59 Å². The van der Waals surface area contributed by atoms with E-state index in [4.69, 9.17) is 20.8 Å². The monoisotopic (exact) mass is 478 g/mol. The van der Waals surface area contributed by atoms with Crippen LogP contribution in [0, 0.1) is 6.92 Å². The molecule has 0 bridgehead atoms. The van der Waals surface area contributed by atoms with Gasteiger partial charge in [0.25, 0.3) is 5.91 Å². The molecular formula is C20H16BrClN2O5. The number of fused-ring (bicyclic) bond motifs is 1. The van der Waals surface area contributed by atoms with Gasteiger partial charge in [-0.1, -0.05) is 35.9 Å². The molecule has 3 aromatic rings. The third-order valence-electron chi connectivity index (χ3n) is 4.03. The van der Waals surface area contributed by atoms with Gasteiger partial charge in [-0.2, -0.15) is 0 Å². The lowest BCUT2D eigenvalue weighted by Gasteiger charge is -2.08. The largest absolute Gasteiger partial charge is 0.450 e. The molecule has 29 heavy (non-hydrogen) atoms. The first-order valence-electron chi connectivity index (χ1n) is 8.52. The van der Waals surface area contributed by atoms with Gasteiger partial charge in [-0.25, -0.2) is 4.79 Å². The molecule has 0 aliphatic heterocycles. The number of carbonyl (C=O) groups is 3. The Labute approximate surface area is 179 Å². The van der Waals surface area contributed by atoms with E-state index in [2.05, 4.69) is 26.6 Å². The van der Waals surface area contributed by atoms with Crippen LogP contribution in [0.25, 0.3) is 11.0 Å². The second-order valence-electron chi connectivity index (χ2n) is 6.05. The van der Waals surface area contributed by atoms with Gasteiger partial charge in [-0.05, 0) is 41.1 Å². The molecule has 0 saturated carbocycles. The Balaban J connectivity index is 1.51. The van der Waals surface area contributed by atoms with Gasteiger partial charge in [0.2, 0.25) is 11.7 Å². The van der Waals surface area contributed by atoms with Crippen LogP contribution in [0.5, 0.6) is 0 Å². The fourth-order valence-corrected chi connectivity index (χ4v) is 3.18. The lowest BCUT2D eigenvalue weighted by Crippen LogP contribution is -2.35. The number of amides is 2. The molecule has 3 rings (SSSR count). The molecular weight excluding hydrogens is 464 g/mol. The predicted molar refractivity (Wildman–Crippen MR) is 112 cm³/mol. The molecule has 0 aliphatic carbocycles. The van der Waals surface area contributed by atoms with Crippen LogP contribution in [-0.4, -0.2) is 30.9 Å². The summed E-state index contributed by atoms with van der Waals surface area (Å²) in [5, 5.41) is 6.10. The normalized spacial score (nSPS) is 10.6. The molecule has 0 aliphatic rings. The summed E-state index contributed by atoms with van der Waals surface area (Å²) >= 11 is 9.38. The minimum atomic E-state index is -0.789. The van der Waals surface area contributed by atoms with Crippen molar-refractivity contribution in [2.75, 3.05) is 18.5 Å². The molecule has 0 saturated heterocycles. The van der Waals surface area contributed by atoms with Crippen molar-refractivity contribution in [3.63, 3.8) is 0 Å². The minimum absolute atomic E-state index is 0.0208. The number of hydrogen-bond acceptors (Lipinski definition) is 5. The summed E-state index contributed by atoms with van der Waals surface area (Å²) in [7, 11) is 0. The third-order valence-corrected chi connectivity index (χ3v) is 5.02. The number of hydrogen-bond donors (Lipinski definition) is 2. The number of esters is 1. The smallest absolute Gasteiger partial charge is 0.375 e. The number of halogens is 2. The van der Waals surface area contributed by atoms with E-state index in [0.717, 1.165) is 4.47 Å². The first-order chi connectivity index (χ1) is 13.9. The van der Waals surface area contributed by atoms with Crippen LogP contribution < -0.4 is 10.6 Å². The maximum atomic E-state index is 12.2. The van der Waals surface area contributed by atoms with Crippen LogP contribution in [0.2, 0.25) is 5.02 Å². The summed E-state index contributed by atoms with van der Waals surface area (Å²) in [5.74, 6) is -1.85. The molecule has 0 fully saturated rings. The van der Waals surface area contributed by atoms with Crippen LogP contribution >= 0.6 is 27.5 Å². The van der Waals surface area contributed by atoms with Gasteiger partial charge in [0.05, 0.1) is 17.3 Å². The molecule has 9 heteroatoms. The van der Waals surface area contributed by atoms with Crippen molar-refractivity contribution in [2.45, 2.75) is 6.92 Å². The predicted octanol–water partition coefficient (Wildman–Crippen LogP) is 4.07. The Morgan fingerprint density at radius 2 is 1.86 bits per heavy atom. The Bertz CT molecular complexity index is 1100. The number of benzene rings is 2. The van der Waals surface area contributed by atoms with Crippen LogP contribution in [0.3, 0.4) is 0 Å². The maximum absolute atomic E-state index is 12.2. The van der Waals surface area contributed by atoms with Gasteiger partial charge < -0.3 is 19.8 Å². The number of nitrogens with one attached hydrogen (secondary N) is 2. The van der Waals surface area contributed by atoms with Crippen molar-refractivity contribution in [1.82, 2.24) is 5.32 Å². The standard InChI is InChI=1S/C20H16BrClN2O5/c1-11-12-5-4-7-14(22)19(12)29-18(11)20(27)28-10-17(26)23-9-16(25)24-15-8-3-2-6-13(15)21/h2-8H,9-10H2,1H3,(H,23,26)(H,24,25). The fourth-order valence-electron chi connectivity index (χ4n) is 2.59. The fraction of sp³-hybridized carbons (Fsp3) is 0.150. The van der Waals surface area contributed by atoms with Crippen molar-refractivity contribution >= 4 is 62.0 Å². The molecule has 1 heterocycles. The van der Waals surface area contributed by atoms with Gasteiger partial charge in [0.1, 0.15) is 0 Å². The molecule has 7 nitrogen and oxygen atoms in total. The molecule has 150 valence electrons. The summed E-state index contributed by atoms with van der Waals surface area (Å²) in [6.07, 6.45) is 0. The second-order valence-corrected chi connectivity index (χ2v) is 7.32. The average Bonchev–Trinajstić information content (AvgIpc) is 3.04. The summed E-state index contributed by atoms with van der Waals surface area (Å²) in [6, 6.07) is 12.2. The van der Waals surface area contributed by atoms with E-state index in [-0.39, 0.29) is 12.3 Å². The first-order valence-corrected chi connectivity index (χ1v) is 9.69. The van der Waals surface area contributed by atoms with E-state index in [1.54, 1.807) is 43.3 Å². The van der Waals surface area contributed by atoms with Crippen LogP contribution in [-0.2, 0) is 14.3 Å².